The van der Waals surface area contributed by atoms with Crippen molar-refractivity contribution in [3.8, 4) is 11.5 Å². The minimum absolute atomic E-state index is 0.160. The summed E-state index contributed by atoms with van der Waals surface area (Å²) in [6, 6.07) is 5.52. The predicted molar refractivity (Wildman–Crippen MR) is 82.5 cm³/mol. The maximum atomic E-state index is 9.77. The molecule has 1 heterocycles. The second-order valence-corrected chi connectivity index (χ2v) is 5.53. The van der Waals surface area contributed by atoms with Crippen molar-refractivity contribution in [2.45, 2.75) is 37.8 Å². The van der Waals surface area contributed by atoms with Crippen molar-refractivity contribution in [1.29, 1.82) is 0 Å². The molecule has 0 atom stereocenters. The lowest BCUT2D eigenvalue weighted by Gasteiger charge is -2.40. The first-order valence-corrected chi connectivity index (χ1v) is 7.70. The highest BCUT2D eigenvalue weighted by Gasteiger charge is 2.33. The number of aliphatic hydroxyl groups excluding tert-OH is 1. The van der Waals surface area contributed by atoms with Crippen LogP contribution in [0.5, 0.6) is 11.5 Å². The highest BCUT2D eigenvalue weighted by molar-refractivity contribution is 5.44. The quantitative estimate of drug-likeness (QED) is 0.576. The molecule has 2 rings (SSSR count). The Kier molecular flexibility index (Phi) is 5.85. The number of phenols is 1. The third-order valence-electron chi connectivity index (χ3n) is 4.09. The molecule has 0 aromatic heterocycles. The fraction of sp³-hybridized carbons (Fsp3) is 0.625. The van der Waals surface area contributed by atoms with E-state index in [0.29, 0.717) is 5.75 Å². The minimum atomic E-state index is -0.269. The number of methoxy groups -OCH3 is 1. The van der Waals surface area contributed by atoms with Gasteiger partial charge in [-0.15, -0.1) is 0 Å². The Morgan fingerprint density at radius 1 is 1.19 bits per heavy atom. The summed E-state index contributed by atoms with van der Waals surface area (Å²) in [5.41, 5.74) is 0.815. The van der Waals surface area contributed by atoms with E-state index in [2.05, 4.69) is 10.6 Å². The van der Waals surface area contributed by atoms with E-state index in [4.69, 9.17) is 9.84 Å². The summed E-state index contributed by atoms with van der Waals surface area (Å²) in [6.45, 7) is 2.19. The lowest BCUT2D eigenvalue weighted by Crippen LogP contribution is -2.58. The number of unbranched alkanes of at least 4 members (excludes halogenated alkanes) is 2. The molecule has 0 spiro atoms. The molecule has 0 saturated carbocycles. The summed E-state index contributed by atoms with van der Waals surface area (Å²) < 4.78 is 5.23. The molecule has 0 aliphatic carbocycles. The van der Waals surface area contributed by atoms with E-state index in [9.17, 15) is 5.11 Å². The van der Waals surface area contributed by atoms with Crippen molar-refractivity contribution in [2.75, 3.05) is 26.8 Å². The smallest absolute Gasteiger partial charge is 0.160 e. The highest BCUT2D eigenvalue weighted by Crippen LogP contribution is 2.33. The van der Waals surface area contributed by atoms with Gasteiger partial charge in [0.05, 0.1) is 12.8 Å². The van der Waals surface area contributed by atoms with Crippen LogP contribution in [0.25, 0.3) is 0 Å². The van der Waals surface area contributed by atoms with Gasteiger partial charge < -0.3 is 14.9 Å². The van der Waals surface area contributed by atoms with Gasteiger partial charge >= 0.3 is 0 Å². The average Bonchev–Trinajstić information content (AvgIpc) is 2.53. The van der Waals surface area contributed by atoms with Crippen LogP contribution in [-0.2, 0) is 5.66 Å². The number of benzene rings is 1. The normalized spacial score (nSPS) is 17.6. The largest absolute Gasteiger partial charge is 0.504 e. The van der Waals surface area contributed by atoms with Gasteiger partial charge in [0.15, 0.2) is 11.5 Å². The molecule has 1 fully saturated rings. The van der Waals surface area contributed by atoms with Gasteiger partial charge in [-0.3, -0.25) is 10.6 Å². The summed E-state index contributed by atoms with van der Waals surface area (Å²) in [6.07, 6.45) is 4.93. The Hall–Kier alpha value is -1.30. The van der Waals surface area contributed by atoms with Crippen LogP contribution in [0.1, 0.15) is 37.7 Å². The van der Waals surface area contributed by atoms with E-state index in [1.165, 1.54) is 0 Å². The molecule has 1 aromatic rings. The summed E-state index contributed by atoms with van der Waals surface area (Å²) in [5.74, 6) is 0.656. The van der Waals surface area contributed by atoms with Gasteiger partial charge in [-0.05, 0) is 56.5 Å². The number of hydrogen-bond donors (Lipinski definition) is 4. The third kappa shape index (κ3) is 3.87. The van der Waals surface area contributed by atoms with E-state index in [1.54, 1.807) is 13.2 Å². The van der Waals surface area contributed by atoms with E-state index < -0.39 is 0 Å². The average molecular weight is 294 g/mol. The monoisotopic (exact) mass is 294 g/mol. The molecule has 118 valence electrons. The Morgan fingerprint density at radius 2 is 1.95 bits per heavy atom. The van der Waals surface area contributed by atoms with E-state index >= 15 is 0 Å². The van der Waals surface area contributed by atoms with E-state index in [0.717, 1.165) is 50.8 Å². The topological polar surface area (TPSA) is 73.8 Å². The number of phenolic OH excluding ortho intramolecular Hbond substituents is 1. The van der Waals surface area contributed by atoms with Gasteiger partial charge in [-0.25, -0.2) is 0 Å². The molecule has 21 heavy (non-hydrogen) atoms. The predicted octanol–water partition coefficient (Wildman–Crippen LogP) is 1.69. The number of aliphatic hydroxyl groups is 1. The molecule has 1 saturated heterocycles. The molecule has 0 amide bonds. The zero-order valence-electron chi connectivity index (χ0n) is 12.7. The molecular formula is C16H26N2O3. The molecular weight excluding hydrogens is 268 g/mol. The van der Waals surface area contributed by atoms with Gasteiger partial charge in [0.2, 0.25) is 0 Å². The summed E-state index contributed by atoms with van der Waals surface area (Å²) in [5, 5.41) is 25.8. The van der Waals surface area contributed by atoms with Crippen LogP contribution in [0.15, 0.2) is 18.2 Å². The van der Waals surface area contributed by atoms with Crippen LogP contribution >= 0.6 is 0 Å². The zero-order chi connectivity index (χ0) is 15.1. The lowest BCUT2D eigenvalue weighted by molar-refractivity contribution is 0.196. The van der Waals surface area contributed by atoms with Crippen molar-refractivity contribution in [3.63, 3.8) is 0 Å². The standard InChI is InChI=1S/C16H26N2O3/c1-21-15-12-13(6-7-14(15)20)16(8-3-2-4-11-19)17-9-5-10-18-16/h6-7,12,17-20H,2-5,8-11H2,1H3. The highest BCUT2D eigenvalue weighted by atomic mass is 16.5. The maximum Gasteiger partial charge on any atom is 0.160 e. The van der Waals surface area contributed by atoms with Crippen LogP contribution < -0.4 is 15.4 Å². The van der Waals surface area contributed by atoms with Gasteiger partial charge in [-0.2, -0.15) is 0 Å². The molecule has 5 nitrogen and oxygen atoms in total. The van der Waals surface area contributed by atoms with Gasteiger partial charge in [-0.1, -0.05) is 12.5 Å². The molecule has 1 aliphatic heterocycles. The molecule has 1 aliphatic rings. The van der Waals surface area contributed by atoms with Crippen LogP contribution in [0.4, 0.5) is 0 Å². The fourth-order valence-corrected chi connectivity index (χ4v) is 2.90. The SMILES string of the molecule is COc1cc(C2(CCCCCO)NCCCN2)ccc1O. The van der Waals surface area contributed by atoms with Crippen molar-refractivity contribution < 1.29 is 14.9 Å². The van der Waals surface area contributed by atoms with E-state index in [-0.39, 0.29) is 18.0 Å². The van der Waals surface area contributed by atoms with Crippen molar-refractivity contribution in [1.82, 2.24) is 10.6 Å². The molecule has 1 aromatic carbocycles. The third-order valence-corrected chi connectivity index (χ3v) is 4.09. The minimum Gasteiger partial charge on any atom is -0.504 e. The van der Waals surface area contributed by atoms with Crippen molar-refractivity contribution in [3.05, 3.63) is 23.8 Å². The van der Waals surface area contributed by atoms with Crippen molar-refractivity contribution >= 4 is 0 Å². The van der Waals surface area contributed by atoms with E-state index in [1.807, 2.05) is 12.1 Å². The zero-order valence-corrected chi connectivity index (χ0v) is 12.7. The van der Waals surface area contributed by atoms with Gasteiger partial charge in [0.25, 0.3) is 0 Å². The number of ether oxygens (including phenoxy) is 1. The van der Waals surface area contributed by atoms with Crippen LogP contribution in [0, 0.1) is 0 Å². The molecule has 4 N–H and O–H groups in total. The molecule has 0 radical (unpaired) electrons. The van der Waals surface area contributed by atoms with Crippen LogP contribution in [-0.4, -0.2) is 37.0 Å². The van der Waals surface area contributed by atoms with Gasteiger partial charge in [0, 0.05) is 6.61 Å². The first-order valence-electron chi connectivity index (χ1n) is 7.70. The fourth-order valence-electron chi connectivity index (χ4n) is 2.90. The molecule has 5 heteroatoms. The first-order chi connectivity index (χ1) is 10.2. The summed E-state index contributed by atoms with van der Waals surface area (Å²) in [7, 11) is 1.56. The number of rotatable bonds is 7. The summed E-state index contributed by atoms with van der Waals surface area (Å²) >= 11 is 0. The van der Waals surface area contributed by atoms with Crippen molar-refractivity contribution in [2.24, 2.45) is 0 Å². The molecule has 0 unspecified atom stereocenters. The van der Waals surface area contributed by atoms with Gasteiger partial charge in [0.1, 0.15) is 0 Å². The Labute approximate surface area is 126 Å². The second-order valence-electron chi connectivity index (χ2n) is 5.53. The summed E-state index contributed by atoms with van der Waals surface area (Å²) in [4.78, 5) is 0. The first kappa shape index (κ1) is 16.1. The number of nitrogens with one attached hydrogen (secondary N) is 2. The maximum absolute atomic E-state index is 9.77. The Balaban J connectivity index is 2.18. The Bertz CT molecular complexity index is 445. The molecule has 0 bridgehead atoms. The van der Waals surface area contributed by atoms with Crippen LogP contribution in [0.2, 0.25) is 0 Å². The number of hydrogen-bond acceptors (Lipinski definition) is 5. The second kappa shape index (κ2) is 7.64. The van der Waals surface area contributed by atoms with Crippen LogP contribution in [0.3, 0.4) is 0 Å². The number of aromatic hydroxyl groups is 1. The Morgan fingerprint density at radius 3 is 2.62 bits per heavy atom. The lowest BCUT2D eigenvalue weighted by atomic mass is 9.90.